The monoisotopic (exact) mass is 208 g/mol. The van der Waals surface area contributed by atoms with E-state index in [1.807, 2.05) is 0 Å². The molecular formula is C13H20O2. The van der Waals surface area contributed by atoms with Crippen molar-refractivity contribution in [2.45, 2.75) is 57.8 Å². The number of carbonyl (C=O) groups is 2. The van der Waals surface area contributed by atoms with Gasteiger partial charge in [0.25, 0.3) is 0 Å². The first-order valence-electron chi connectivity index (χ1n) is 6.27. The molecule has 0 aromatic heterocycles. The summed E-state index contributed by atoms with van der Waals surface area (Å²) in [5, 5.41) is 0. The van der Waals surface area contributed by atoms with Crippen molar-refractivity contribution in [3.05, 3.63) is 0 Å². The Kier molecular flexibility index (Phi) is 3.55. The fraction of sp³-hybridized carbons (Fsp3) is 0.846. The van der Waals surface area contributed by atoms with Gasteiger partial charge in [-0.05, 0) is 24.7 Å². The summed E-state index contributed by atoms with van der Waals surface area (Å²) >= 11 is 0. The molecule has 0 spiro atoms. The van der Waals surface area contributed by atoms with Crippen LogP contribution < -0.4 is 0 Å². The van der Waals surface area contributed by atoms with Gasteiger partial charge in [0, 0.05) is 25.7 Å². The van der Waals surface area contributed by atoms with E-state index in [0.29, 0.717) is 23.4 Å². The fourth-order valence-corrected chi connectivity index (χ4v) is 2.97. The van der Waals surface area contributed by atoms with E-state index in [2.05, 4.69) is 0 Å². The highest BCUT2D eigenvalue weighted by Crippen LogP contribution is 2.31. The Labute approximate surface area is 91.4 Å². The van der Waals surface area contributed by atoms with Crippen molar-refractivity contribution in [1.29, 1.82) is 0 Å². The number of rotatable bonds is 4. The molecular weight excluding hydrogens is 188 g/mol. The normalized spacial score (nSPS) is 31.5. The maximum absolute atomic E-state index is 11.1. The molecule has 2 aliphatic carbocycles. The summed E-state index contributed by atoms with van der Waals surface area (Å²) in [5.74, 6) is 2.23. The Bertz CT molecular complexity index is 231. The molecule has 2 aliphatic rings. The Morgan fingerprint density at radius 2 is 1.33 bits per heavy atom. The van der Waals surface area contributed by atoms with Gasteiger partial charge in [0.2, 0.25) is 0 Å². The lowest BCUT2D eigenvalue weighted by atomic mass is 9.95. The number of carbonyl (C=O) groups excluding carboxylic acids is 2. The zero-order valence-electron chi connectivity index (χ0n) is 9.34. The predicted molar refractivity (Wildman–Crippen MR) is 58.5 cm³/mol. The van der Waals surface area contributed by atoms with Crippen LogP contribution in [0.15, 0.2) is 0 Å². The SMILES string of the molecule is O=C1CCC(CCCC2CCC(=O)C2)C1. The van der Waals surface area contributed by atoms with Crippen molar-refractivity contribution in [2.75, 3.05) is 0 Å². The molecule has 2 saturated carbocycles. The van der Waals surface area contributed by atoms with Gasteiger partial charge in [0.15, 0.2) is 0 Å². The van der Waals surface area contributed by atoms with Crippen LogP contribution in [-0.4, -0.2) is 11.6 Å². The van der Waals surface area contributed by atoms with Gasteiger partial charge in [-0.15, -0.1) is 0 Å². The van der Waals surface area contributed by atoms with Crippen LogP contribution in [0.5, 0.6) is 0 Å². The maximum Gasteiger partial charge on any atom is 0.133 e. The standard InChI is InChI=1S/C13H20O2/c14-12-6-4-10(8-12)2-1-3-11-5-7-13(15)9-11/h10-11H,1-9H2. The fourth-order valence-electron chi connectivity index (χ4n) is 2.97. The minimum absolute atomic E-state index is 0.455. The highest BCUT2D eigenvalue weighted by molar-refractivity contribution is 5.81. The molecule has 0 amide bonds. The first-order chi connectivity index (χ1) is 7.24. The van der Waals surface area contributed by atoms with Crippen LogP contribution in [0.3, 0.4) is 0 Å². The van der Waals surface area contributed by atoms with Gasteiger partial charge in [-0.2, -0.15) is 0 Å². The van der Waals surface area contributed by atoms with E-state index in [-0.39, 0.29) is 0 Å². The third-order valence-electron chi connectivity index (χ3n) is 3.92. The molecule has 2 rings (SSSR count). The van der Waals surface area contributed by atoms with Crippen molar-refractivity contribution in [3.8, 4) is 0 Å². The summed E-state index contributed by atoms with van der Waals surface area (Å²) in [6.07, 6.45) is 9.12. The molecule has 2 atom stereocenters. The molecule has 0 N–H and O–H groups in total. The molecule has 0 saturated heterocycles. The van der Waals surface area contributed by atoms with Gasteiger partial charge in [-0.3, -0.25) is 9.59 Å². The van der Waals surface area contributed by atoms with Gasteiger partial charge in [-0.1, -0.05) is 19.3 Å². The van der Waals surface area contributed by atoms with Crippen LogP contribution in [0.2, 0.25) is 0 Å². The van der Waals surface area contributed by atoms with Crippen molar-refractivity contribution >= 4 is 11.6 Å². The Balaban J connectivity index is 1.59. The van der Waals surface area contributed by atoms with E-state index in [4.69, 9.17) is 0 Å². The maximum atomic E-state index is 11.1. The minimum atomic E-state index is 0.455. The zero-order valence-corrected chi connectivity index (χ0v) is 9.34. The Morgan fingerprint density at radius 3 is 1.67 bits per heavy atom. The van der Waals surface area contributed by atoms with Gasteiger partial charge >= 0.3 is 0 Å². The Hall–Kier alpha value is -0.660. The molecule has 0 heterocycles. The molecule has 84 valence electrons. The van der Waals surface area contributed by atoms with E-state index in [1.54, 1.807) is 0 Å². The van der Waals surface area contributed by atoms with Crippen molar-refractivity contribution in [2.24, 2.45) is 11.8 Å². The summed E-state index contributed by atoms with van der Waals surface area (Å²) in [4.78, 5) is 22.1. The summed E-state index contributed by atoms with van der Waals surface area (Å²) in [7, 11) is 0. The van der Waals surface area contributed by atoms with Crippen LogP contribution in [0.1, 0.15) is 57.8 Å². The van der Waals surface area contributed by atoms with Crippen LogP contribution in [0.25, 0.3) is 0 Å². The first-order valence-corrected chi connectivity index (χ1v) is 6.27. The highest BCUT2D eigenvalue weighted by atomic mass is 16.1. The van der Waals surface area contributed by atoms with Gasteiger partial charge in [0.1, 0.15) is 11.6 Å². The molecule has 0 aliphatic heterocycles. The molecule has 2 fully saturated rings. The van der Waals surface area contributed by atoms with Gasteiger partial charge in [-0.25, -0.2) is 0 Å². The number of hydrogen-bond donors (Lipinski definition) is 0. The molecule has 0 radical (unpaired) electrons. The zero-order chi connectivity index (χ0) is 10.7. The summed E-state index contributed by atoms with van der Waals surface area (Å²) in [5.41, 5.74) is 0. The molecule has 15 heavy (non-hydrogen) atoms. The molecule has 0 bridgehead atoms. The quantitative estimate of drug-likeness (QED) is 0.712. The third kappa shape index (κ3) is 3.15. The molecule has 0 aromatic rings. The minimum Gasteiger partial charge on any atom is -0.300 e. The van der Waals surface area contributed by atoms with Gasteiger partial charge < -0.3 is 0 Å². The van der Waals surface area contributed by atoms with E-state index in [9.17, 15) is 9.59 Å². The summed E-state index contributed by atoms with van der Waals surface area (Å²) in [6, 6.07) is 0. The lowest BCUT2D eigenvalue weighted by Gasteiger charge is -2.10. The number of ketones is 2. The average Bonchev–Trinajstić information content (AvgIpc) is 2.76. The molecule has 0 aromatic carbocycles. The number of Topliss-reactive ketones (excluding diaryl/α,β-unsaturated/α-hetero) is 2. The predicted octanol–water partition coefficient (Wildman–Crippen LogP) is 2.90. The van der Waals surface area contributed by atoms with Crippen LogP contribution in [0, 0.1) is 11.8 Å². The second kappa shape index (κ2) is 4.91. The van der Waals surface area contributed by atoms with Crippen molar-refractivity contribution in [1.82, 2.24) is 0 Å². The second-order valence-corrected chi connectivity index (χ2v) is 5.23. The van der Waals surface area contributed by atoms with Gasteiger partial charge in [0.05, 0.1) is 0 Å². The molecule has 2 heteroatoms. The van der Waals surface area contributed by atoms with E-state index in [0.717, 1.165) is 38.5 Å². The first kappa shape index (κ1) is 10.8. The van der Waals surface area contributed by atoms with Crippen LogP contribution in [0.4, 0.5) is 0 Å². The van der Waals surface area contributed by atoms with Crippen LogP contribution >= 0.6 is 0 Å². The lowest BCUT2D eigenvalue weighted by molar-refractivity contribution is -0.118. The van der Waals surface area contributed by atoms with Crippen molar-refractivity contribution < 1.29 is 9.59 Å². The topological polar surface area (TPSA) is 34.1 Å². The lowest BCUT2D eigenvalue weighted by Crippen LogP contribution is -1.99. The van der Waals surface area contributed by atoms with Crippen molar-refractivity contribution in [3.63, 3.8) is 0 Å². The smallest absolute Gasteiger partial charge is 0.133 e. The highest BCUT2D eigenvalue weighted by Gasteiger charge is 2.24. The molecule has 2 nitrogen and oxygen atoms in total. The summed E-state index contributed by atoms with van der Waals surface area (Å²) in [6.45, 7) is 0. The second-order valence-electron chi connectivity index (χ2n) is 5.23. The van der Waals surface area contributed by atoms with E-state index >= 15 is 0 Å². The van der Waals surface area contributed by atoms with E-state index in [1.165, 1.54) is 19.3 Å². The average molecular weight is 208 g/mol. The Morgan fingerprint density at radius 1 is 0.867 bits per heavy atom. The largest absolute Gasteiger partial charge is 0.300 e. The van der Waals surface area contributed by atoms with Crippen LogP contribution in [-0.2, 0) is 9.59 Å². The summed E-state index contributed by atoms with van der Waals surface area (Å²) < 4.78 is 0. The van der Waals surface area contributed by atoms with E-state index < -0.39 is 0 Å². The third-order valence-corrected chi connectivity index (χ3v) is 3.92. The number of hydrogen-bond acceptors (Lipinski definition) is 2. The molecule has 2 unspecified atom stereocenters.